The van der Waals surface area contributed by atoms with Crippen molar-refractivity contribution < 1.29 is 8.42 Å². The predicted molar refractivity (Wildman–Crippen MR) is 82.7 cm³/mol. The molecule has 0 radical (unpaired) electrons. The third-order valence-corrected chi connectivity index (χ3v) is 6.02. The van der Waals surface area contributed by atoms with Crippen molar-refractivity contribution in [2.45, 2.75) is 50.3 Å². The lowest BCUT2D eigenvalue weighted by Gasteiger charge is -2.26. The minimum atomic E-state index is -3.30. The fraction of sp³-hybridized carbons (Fsp3) is 0.600. The molecule has 0 bridgehead atoms. The Kier molecular flexibility index (Phi) is 5.05. The highest BCUT2D eigenvalue weighted by Crippen LogP contribution is 2.25. The Hall–Kier alpha value is -1.07. The standard InChI is InChI=1S/C15H24N2O2S/c1-17(14-9-4-2-3-5-10-14)20(18,19)12-13-8-6-7-11-15(13)16/h6-8,11,14H,2-5,9-10,12,16H2,1H3. The monoisotopic (exact) mass is 296 g/mol. The summed E-state index contributed by atoms with van der Waals surface area (Å²) >= 11 is 0. The smallest absolute Gasteiger partial charge is 0.218 e. The van der Waals surface area contributed by atoms with Gasteiger partial charge in [0.25, 0.3) is 0 Å². The summed E-state index contributed by atoms with van der Waals surface area (Å²) in [5.74, 6) is -0.00727. The highest BCUT2D eigenvalue weighted by atomic mass is 32.2. The van der Waals surface area contributed by atoms with Crippen LogP contribution in [0.25, 0.3) is 0 Å². The summed E-state index contributed by atoms with van der Waals surface area (Å²) in [6, 6.07) is 7.32. The lowest BCUT2D eigenvalue weighted by molar-refractivity contribution is 0.335. The van der Waals surface area contributed by atoms with Gasteiger partial charge < -0.3 is 5.73 Å². The molecule has 0 saturated heterocycles. The lowest BCUT2D eigenvalue weighted by atomic mass is 10.1. The number of rotatable bonds is 4. The molecule has 1 aromatic rings. The molecule has 0 unspecified atom stereocenters. The number of nitrogens with two attached hydrogens (primary N) is 1. The molecule has 1 aliphatic carbocycles. The third-order valence-electron chi connectivity index (χ3n) is 4.17. The Bertz CT molecular complexity index is 535. The topological polar surface area (TPSA) is 63.4 Å². The molecular formula is C15H24N2O2S. The van der Waals surface area contributed by atoms with Crippen LogP contribution >= 0.6 is 0 Å². The zero-order chi connectivity index (χ0) is 14.6. The number of benzene rings is 1. The van der Waals surface area contributed by atoms with E-state index in [0.717, 1.165) is 25.7 Å². The predicted octanol–water partition coefficient (Wildman–Crippen LogP) is 2.75. The van der Waals surface area contributed by atoms with Crippen LogP contribution in [-0.2, 0) is 15.8 Å². The number of nitrogen functional groups attached to an aromatic ring is 1. The molecule has 2 N–H and O–H groups in total. The van der Waals surface area contributed by atoms with Crippen LogP contribution in [0.5, 0.6) is 0 Å². The molecule has 1 aromatic carbocycles. The molecule has 20 heavy (non-hydrogen) atoms. The van der Waals surface area contributed by atoms with Crippen molar-refractivity contribution in [1.82, 2.24) is 4.31 Å². The van der Waals surface area contributed by atoms with Crippen LogP contribution in [0, 0.1) is 0 Å². The summed E-state index contributed by atoms with van der Waals surface area (Å²) in [5.41, 5.74) is 7.08. The highest BCUT2D eigenvalue weighted by molar-refractivity contribution is 7.88. The molecule has 1 saturated carbocycles. The van der Waals surface area contributed by atoms with Gasteiger partial charge in [-0.25, -0.2) is 12.7 Å². The van der Waals surface area contributed by atoms with Gasteiger partial charge in [0, 0.05) is 18.8 Å². The first-order valence-corrected chi connectivity index (χ1v) is 8.91. The Labute approximate surface area is 122 Å². The first-order valence-electron chi connectivity index (χ1n) is 7.30. The molecule has 0 aliphatic heterocycles. The molecule has 0 aromatic heterocycles. The average Bonchev–Trinajstić information content (AvgIpc) is 2.69. The first-order chi connectivity index (χ1) is 9.50. The van der Waals surface area contributed by atoms with E-state index in [1.165, 1.54) is 12.8 Å². The van der Waals surface area contributed by atoms with Gasteiger partial charge >= 0.3 is 0 Å². The summed E-state index contributed by atoms with van der Waals surface area (Å²) in [6.45, 7) is 0. The van der Waals surface area contributed by atoms with E-state index in [4.69, 9.17) is 5.73 Å². The Morgan fingerprint density at radius 2 is 1.75 bits per heavy atom. The zero-order valence-corrected chi connectivity index (χ0v) is 12.9. The van der Waals surface area contributed by atoms with Crippen molar-refractivity contribution in [3.05, 3.63) is 29.8 Å². The second-order valence-corrected chi connectivity index (χ2v) is 7.65. The van der Waals surface area contributed by atoms with E-state index in [2.05, 4.69) is 0 Å². The van der Waals surface area contributed by atoms with Gasteiger partial charge in [-0.2, -0.15) is 0 Å². The Morgan fingerprint density at radius 3 is 2.35 bits per heavy atom. The summed E-state index contributed by atoms with van der Waals surface area (Å²) in [4.78, 5) is 0. The van der Waals surface area contributed by atoms with Crippen molar-refractivity contribution in [3.8, 4) is 0 Å². The molecule has 2 rings (SSSR count). The van der Waals surface area contributed by atoms with Crippen LogP contribution < -0.4 is 5.73 Å². The maximum atomic E-state index is 12.5. The molecular weight excluding hydrogens is 272 g/mol. The van der Waals surface area contributed by atoms with Gasteiger partial charge in [-0.1, -0.05) is 43.9 Å². The SMILES string of the molecule is CN(C1CCCCCC1)S(=O)(=O)Cc1ccccc1N. The van der Waals surface area contributed by atoms with Crippen LogP contribution in [0.1, 0.15) is 44.1 Å². The van der Waals surface area contributed by atoms with Gasteiger partial charge in [0.2, 0.25) is 10.0 Å². The Morgan fingerprint density at radius 1 is 1.15 bits per heavy atom. The summed E-state index contributed by atoms with van der Waals surface area (Å²) in [6.07, 6.45) is 6.63. The molecule has 1 aliphatic rings. The van der Waals surface area contributed by atoms with Gasteiger partial charge in [-0.05, 0) is 24.5 Å². The molecule has 1 fully saturated rings. The van der Waals surface area contributed by atoms with Crippen molar-refractivity contribution in [1.29, 1.82) is 0 Å². The average molecular weight is 296 g/mol. The fourth-order valence-corrected chi connectivity index (χ4v) is 4.34. The lowest BCUT2D eigenvalue weighted by Crippen LogP contribution is -2.37. The normalized spacial score (nSPS) is 18.1. The van der Waals surface area contributed by atoms with Gasteiger partial charge in [-0.15, -0.1) is 0 Å². The number of hydrogen-bond acceptors (Lipinski definition) is 3. The molecule has 5 heteroatoms. The van der Waals surface area contributed by atoms with Crippen LogP contribution in [0.4, 0.5) is 5.69 Å². The Balaban J connectivity index is 2.11. The quantitative estimate of drug-likeness (QED) is 0.686. The van der Waals surface area contributed by atoms with E-state index in [9.17, 15) is 8.42 Å². The molecule has 4 nitrogen and oxygen atoms in total. The number of hydrogen-bond donors (Lipinski definition) is 1. The molecule has 0 spiro atoms. The van der Waals surface area contributed by atoms with Gasteiger partial charge in [-0.3, -0.25) is 0 Å². The van der Waals surface area contributed by atoms with Crippen molar-refractivity contribution in [3.63, 3.8) is 0 Å². The maximum absolute atomic E-state index is 12.5. The van der Waals surface area contributed by atoms with Crippen LogP contribution in [0.2, 0.25) is 0 Å². The van der Waals surface area contributed by atoms with Gasteiger partial charge in [0.05, 0.1) is 5.75 Å². The van der Waals surface area contributed by atoms with Crippen molar-refractivity contribution in [2.75, 3.05) is 12.8 Å². The van der Waals surface area contributed by atoms with Crippen LogP contribution in [-0.4, -0.2) is 25.8 Å². The summed E-state index contributed by atoms with van der Waals surface area (Å²) in [7, 11) is -1.59. The minimum Gasteiger partial charge on any atom is -0.398 e. The van der Waals surface area contributed by atoms with Gasteiger partial charge in [0.1, 0.15) is 0 Å². The summed E-state index contributed by atoms with van der Waals surface area (Å²) < 4.78 is 26.6. The van der Waals surface area contributed by atoms with Crippen LogP contribution in [0.3, 0.4) is 0 Å². The third kappa shape index (κ3) is 3.73. The second kappa shape index (κ2) is 6.59. The highest BCUT2D eigenvalue weighted by Gasteiger charge is 2.27. The van der Waals surface area contributed by atoms with Crippen molar-refractivity contribution >= 4 is 15.7 Å². The minimum absolute atomic E-state index is 0.00727. The van der Waals surface area contributed by atoms with Crippen LogP contribution in [0.15, 0.2) is 24.3 Å². The van der Waals surface area contributed by atoms with Crippen molar-refractivity contribution in [2.24, 2.45) is 0 Å². The van der Waals surface area contributed by atoms with E-state index < -0.39 is 10.0 Å². The molecule has 0 atom stereocenters. The first kappa shape index (κ1) is 15.3. The van der Waals surface area contributed by atoms with E-state index >= 15 is 0 Å². The number of anilines is 1. The second-order valence-electron chi connectivity index (χ2n) is 5.62. The molecule has 112 valence electrons. The maximum Gasteiger partial charge on any atom is 0.218 e. The van der Waals surface area contributed by atoms with E-state index in [1.807, 2.05) is 12.1 Å². The number of sulfonamides is 1. The van der Waals surface area contributed by atoms with E-state index in [0.29, 0.717) is 11.3 Å². The summed E-state index contributed by atoms with van der Waals surface area (Å²) in [5, 5.41) is 0. The van der Waals surface area contributed by atoms with E-state index in [1.54, 1.807) is 23.5 Å². The van der Waals surface area contributed by atoms with E-state index in [-0.39, 0.29) is 11.8 Å². The fourth-order valence-electron chi connectivity index (χ4n) is 2.81. The zero-order valence-electron chi connectivity index (χ0n) is 12.1. The van der Waals surface area contributed by atoms with Gasteiger partial charge in [0.15, 0.2) is 0 Å². The molecule has 0 amide bonds. The number of nitrogens with zero attached hydrogens (tertiary/aromatic N) is 1. The number of para-hydroxylation sites is 1. The molecule has 0 heterocycles. The largest absolute Gasteiger partial charge is 0.398 e.